The van der Waals surface area contributed by atoms with Gasteiger partial charge in [-0.1, -0.05) is 0 Å². The molecule has 0 atom stereocenters. The number of sulfone groups is 1. The van der Waals surface area contributed by atoms with Crippen LogP contribution in [0.25, 0.3) is 0 Å². The van der Waals surface area contributed by atoms with Crippen molar-refractivity contribution >= 4 is 27.1 Å². The van der Waals surface area contributed by atoms with Gasteiger partial charge in [-0.05, 0) is 50.2 Å². The fourth-order valence-electron chi connectivity index (χ4n) is 1.94. The van der Waals surface area contributed by atoms with E-state index in [9.17, 15) is 23.3 Å². The van der Waals surface area contributed by atoms with Crippen LogP contribution >= 0.6 is 0 Å². The van der Waals surface area contributed by atoms with E-state index in [1.54, 1.807) is 13.8 Å². The molecule has 0 aromatic heterocycles. The zero-order valence-corrected chi connectivity index (χ0v) is 13.9. The Labute approximate surface area is 139 Å². The Hall–Kier alpha value is -2.74. The summed E-state index contributed by atoms with van der Waals surface area (Å²) < 4.78 is 24.1. The van der Waals surface area contributed by atoms with E-state index in [-0.39, 0.29) is 16.1 Å². The summed E-state index contributed by atoms with van der Waals surface area (Å²) in [4.78, 5) is 22.3. The second-order valence-electron chi connectivity index (χ2n) is 5.38. The van der Waals surface area contributed by atoms with Crippen LogP contribution < -0.4 is 5.32 Å². The summed E-state index contributed by atoms with van der Waals surface area (Å²) in [5, 5.41) is 12.6. The summed E-state index contributed by atoms with van der Waals surface area (Å²) in [7, 11) is -3.39. The van der Waals surface area contributed by atoms with E-state index in [1.165, 1.54) is 48.5 Å². The van der Waals surface area contributed by atoms with Crippen molar-refractivity contribution in [3.63, 3.8) is 0 Å². The van der Waals surface area contributed by atoms with Crippen molar-refractivity contribution in [2.75, 3.05) is 5.32 Å². The predicted molar refractivity (Wildman–Crippen MR) is 89.8 cm³/mol. The molecule has 2 aromatic carbocycles. The minimum absolute atomic E-state index is 0.0729. The van der Waals surface area contributed by atoms with Gasteiger partial charge >= 0.3 is 0 Å². The molecule has 0 spiro atoms. The van der Waals surface area contributed by atoms with Crippen LogP contribution in [-0.4, -0.2) is 24.5 Å². The first kappa shape index (κ1) is 17.6. The Balaban J connectivity index is 2.14. The highest BCUT2D eigenvalue weighted by Gasteiger charge is 2.19. The molecule has 0 radical (unpaired) electrons. The van der Waals surface area contributed by atoms with Gasteiger partial charge in [-0.3, -0.25) is 14.9 Å². The van der Waals surface area contributed by atoms with E-state index in [0.717, 1.165) is 0 Å². The van der Waals surface area contributed by atoms with E-state index in [2.05, 4.69) is 5.32 Å². The highest BCUT2D eigenvalue weighted by molar-refractivity contribution is 7.92. The number of hydrogen-bond acceptors (Lipinski definition) is 5. The summed E-state index contributed by atoms with van der Waals surface area (Å²) in [6.45, 7) is 3.18. The lowest BCUT2D eigenvalue weighted by molar-refractivity contribution is -0.384. The molecule has 1 N–H and O–H groups in total. The number of benzene rings is 2. The van der Waals surface area contributed by atoms with Crippen molar-refractivity contribution in [3.05, 3.63) is 64.2 Å². The highest BCUT2D eigenvalue weighted by Crippen LogP contribution is 2.19. The zero-order valence-electron chi connectivity index (χ0n) is 13.1. The van der Waals surface area contributed by atoms with Gasteiger partial charge in [0.15, 0.2) is 9.84 Å². The number of anilines is 1. The first-order valence-corrected chi connectivity index (χ1v) is 8.66. The van der Waals surface area contributed by atoms with Gasteiger partial charge in [0.25, 0.3) is 11.6 Å². The first-order valence-electron chi connectivity index (χ1n) is 7.11. The molecular weight excluding hydrogens is 332 g/mol. The number of rotatable bonds is 5. The lowest BCUT2D eigenvalue weighted by Gasteiger charge is -2.09. The first-order chi connectivity index (χ1) is 11.2. The van der Waals surface area contributed by atoms with Gasteiger partial charge in [0, 0.05) is 23.4 Å². The maximum atomic E-state index is 12.1. The summed E-state index contributed by atoms with van der Waals surface area (Å²) in [6, 6.07) is 11.1. The maximum Gasteiger partial charge on any atom is 0.269 e. The molecule has 1 amide bonds. The maximum absolute atomic E-state index is 12.1. The van der Waals surface area contributed by atoms with Gasteiger partial charge in [0.2, 0.25) is 0 Å². The monoisotopic (exact) mass is 348 g/mol. The third-order valence-corrected chi connectivity index (χ3v) is 5.57. The molecule has 0 heterocycles. The van der Waals surface area contributed by atoms with Gasteiger partial charge in [0.05, 0.1) is 15.1 Å². The molecule has 0 aliphatic carbocycles. The molecule has 0 fully saturated rings. The second-order valence-corrected chi connectivity index (χ2v) is 7.88. The molecule has 0 saturated carbocycles. The Morgan fingerprint density at radius 2 is 1.58 bits per heavy atom. The Kier molecular flexibility index (Phi) is 4.99. The topological polar surface area (TPSA) is 106 Å². The van der Waals surface area contributed by atoms with E-state index >= 15 is 0 Å². The summed E-state index contributed by atoms with van der Waals surface area (Å²) in [5.74, 6) is -0.433. The predicted octanol–water partition coefficient (Wildman–Crippen LogP) is 3.03. The third kappa shape index (κ3) is 3.77. The molecule has 2 aromatic rings. The van der Waals surface area contributed by atoms with Crippen molar-refractivity contribution in [1.29, 1.82) is 0 Å². The number of hydrogen-bond donors (Lipinski definition) is 1. The van der Waals surface area contributed by atoms with E-state index in [4.69, 9.17) is 0 Å². The number of nitro groups is 1. The molecule has 8 heteroatoms. The van der Waals surface area contributed by atoms with Gasteiger partial charge < -0.3 is 5.32 Å². The number of carbonyl (C=O) groups excluding carboxylic acids is 1. The van der Waals surface area contributed by atoms with Crippen molar-refractivity contribution in [3.8, 4) is 0 Å². The molecule has 126 valence electrons. The van der Waals surface area contributed by atoms with Crippen LogP contribution in [0.4, 0.5) is 11.4 Å². The SMILES string of the molecule is CC(C)S(=O)(=O)c1ccc(C(=O)Nc2ccc([N+](=O)[O-])cc2)cc1. The second kappa shape index (κ2) is 6.79. The molecule has 24 heavy (non-hydrogen) atoms. The molecule has 0 saturated heterocycles. The lowest BCUT2D eigenvalue weighted by atomic mass is 10.2. The molecule has 2 rings (SSSR count). The van der Waals surface area contributed by atoms with E-state index < -0.39 is 25.9 Å². The summed E-state index contributed by atoms with van der Waals surface area (Å²) >= 11 is 0. The third-order valence-electron chi connectivity index (χ3n) is 3.40. The quantitative estimate of drug-likeness (QED) is 0.660. The van der Waals surface area contributed by atoms with Crippen molar-refractivity contribution < 1.29 is 18.1 Å². The molecule has 0 bridgehead atoms. The van der Waals surface area contributed by atoms with E-state index in [0.29, 0.717) is 5.69 Å². The average Bonchev–Trinajstić information content (AvgIpc) is 2.55. The van der Waals surface area contributed by atoms with Crippen molar-refractivity contribution in [1.82, 2.24) is 0 Å². The fraction of sp³-hybridized carbons (Fsp3) is 0.188. The average molecular weight is 348 g/mol. The van der Waals surface area contributed by atoms with Crippen LogP contribution in [0.5, 0.6) is 0 Å². The smallest absolute Gasteiger partial charge is 0.269 e. The van der Waals surface area contributed by atoms with Crippen molar-refractivity contribution in [2.24, 2.45) is 0 Å². The van der Waals surface area contributed by atoms with Gasteiger partial charge in [0.1, 0.15) is 0 Å². The minimum atomic E-state index is -3.39. The van der Waals surface area contributed by atoms with E-state index in [1.807, 2.05) is 0 Å². The molecular formula is C16H16N2O5S. The summed E-state index contributed by atoms with van der Waals surface area (Å²) in [5.41, 5.74) is 0.622. The number of non-ortho nitro benzene ring substituents is 1. The molecule has 0 aliphatic heterocycles. The number of nitrogens with zero attached hydrogens (tertiary/aromatic N) is 1. The van der Waals surface area contributed by atoms with Crippen LogP contribution in [0.15, 0.2) is 53.4 Å². The van der Waals surface area contributed by atoms with Gasteiger partial charge in [-0.15, -0.1) is 0 Å². The number of nitrogens with one attached hydrogen (secondary N) is 1. The van der Waals surface area contributed by atoms with Crippen LogP contribution in [-0.2, 0) is 9.84 Å². The van der Waals surface area contributed by atoms with Crippen LogP contribution in [0.1, 0.15) is 24.2 Å². The normalized spacial score (nSPS) is 11.3. The Bertz CT molecular complexity index is 856. The number of nitro benzene ring substituents is 1. The van der Waals surface area contributed by atoms with Crippen LogP contribution in [0.2, 0.25) is 0 Å². The van der Waals surface area contributed by atoms with Crippen molar-refractivity contribution in [2.45, 2.75) is 24.0 Å². The molecule has 0 aliphatic rings. The molecule has 0 unspecified atom stereocenters. The standard InChI is InChI=1S/C16H16N2O5S/c1-11(2)24(22,23)15-9-3-12(4-10-15)16(19)17-13-5-7-14(8-6-13)18(20)21/h3-11H,1-2H3,(H,17,19). The lowest BCUT2D eigenvalue weighted by Crippen LogP contribution is -2.15. The number of amides is 1. The Morgan fingerprint density at radius 1 is 1.04 bits per heavy atom. The fourth-order valence-corrected chi connectivity index (χ4v) is 3.00. The summed E-state index contributed by atoms with van der Waals surface area (Å²) in [6.07, 6.45) is 0. The Morgan fingerprint density at radius 3 is 2.04 bits per heavy atom. The van der Waals surface area contributed by atoms with Crippen LogP contribution in [0, 0.1) is 10.1 Å². The number of carbonyl (C=O) groups is 1. The largest absolute Gasteiger partial charge is 0.322 e. The van der Waals surface area contributed by atoms with Crippen LogP contribution in [0.3, 0.4) is 0 Å². The van der Waals surface area contributed by atoms with Gasteiger partial charge in [-0.2, -0.15) is 0 Å². The minimum Gasteiger partial charge on any atom is -0.322 e. The molecule has 7 nitrogen and oxygen atoms in total. The van der Waals surface area contributed by atoms with Gasteiger partial charge in [-0.25, -0.2) is 8.42 Å². The zero-order chi connectivity index (χ0) is 17.9. The highest BCUT2D eigenvalue weighted by atomic mass is 32.2.